The first-order valence-corrected chi connectivity index (χ1v) is 10.4. The molecule has 0 radical (unpaired) electrons. The minimum atomic E-state index is -0.0701. The van der Waals surface area contributed by atoms with Gasteiger partial charge in [-0.15, -0.1) is 5.10 Å². The zero-order valence-electron chi connectivity index (χ0n) is 17.0. The number of aryl methyl sites for hydroxylation is 1. The number of aromatic nitrogens is 3. The van der Waals surface area contributed by atoms with Crippen molar-refractivity contribution in [3.63, 3.8) is 0 Å². The van der Waals surface area contributed by atoms with Crippen LogP contribution in [0.3, 0.4) is 0 Å². The quantitative estimate of drug-likeness (QED) is 0.645. The third-order valence-corrected chi connectivity index (χ3v) is 5.79. The van der Waals surface area contributed by atoms with Gasteiger partial charge in [-0.2, -0.15) is 9.90 Å². The van der Waals surface area contributed by atoms with Crippen molar-refractivity contribution in [2.75, 3.05) is 6.79 Å². The molecular formula is C23H24N4O3. The molecule has 0 unspecified atom stereocenters. The van der Waals surface area contributed by atoms with Crippen LogP contribution in [0.15, 0.2) is 48.5 Å². The van der Waals surface area contributed by atoms with E-state index < -0.39 is 0 Å². The average Bonchev–Trinajstić information content (AvgIpc) is 3.52. The molecule has 30 heavy (non-hydrogen) atoms. The molecule has 3 aromatic rings. The van der Waals surface area contributed by atoms with Crippen molar-refractivity contribution >= 4 is 5.91 Å². The Bertz CT molecular complexity index is 1060. The number of nitrogens with zero attached hydrogens (tertiary/aromatic N) is 4. The number of para-hydroxylation sites is 1. The van der Waals surface area contributed by atoms with Gasteiger partial charge in [-0.1, -0.05) is 37.1 Å². The second-order valence-electron chi connectivity index (χ2n) is 7.82. The van der Waals surface area contributed by atoms with E-state index in [2.05, 4.69) is 10.2 Å². The van der Waals surface area contributed by atoms with Crippen LogP contribution in [-0.4, -0.2) is 38.6 Å². The van der Waals surface area contributed by atoms with Crippen LogP contribution in [0.5, 0.6) is 11.5 Å². The number of carbonyl (C=O) groups is 1. The summed E-state index contributed by atoms with van der Waals surface area (Å²) < 4.78 is 10.9. The Balaban J connectivity index is 1.44. The van der Waals surface area contributed by atoms with Gasteiger partial charge in [0.1, 0.15) is 0 Å². The van der Waals surface area contributed by atoms with Gasteiger partial charge in [0.05, 0.1) is 11.4 Å². The monoisotopic (exact) mass is 404 g/mol. The van der Waals surface area contributed by atoms with Gasteiger partial charge in [0, 0.05) is 12.6 Å². The predicted octanol–water partition coefficient (Wildman–Crippen LogP) is 3.89. The van der Waals surface area contributed by atoms with Crippen LogP contribution in [0.4, 0.5) is 0 Å². The molecule has 0 spiro atoms. The molecule has 1 fully saturated rings. The summed E-state index contributed by atoms with van der Waals surface area (Å²) in [5, 5.41) is 9.03. The Morgan fingerprint density at radius 3 is 2.63 bits per heavy atom. The molecule has 2 aromatic carbocycles. The standard InChI is InChI=1S/C23H24N4O3/c1-16-22(25-27(24-16)19-9-3-2-4-10-19)23(28)26(18-7-5-6-8-18)14-17-11-12-20-21(13-17)30-15-29-20/h2-4,9-13,18H,5-8,14-15H2,1H3. The molecule has 2 aliphatic rings. The first kappa shape index (κ1) is 18.7. The van der Waals surface area contributed by atoms with Crippen molar-refractivity contribution in [2.24, 2.45) is 0 Å². The maximum atomic E-state index is 13.6. The van der Waals surface area contributed by atoms with Gasteiger partial charge in [-0.25, -0.2) is 0 Å². The van der Waals surface area contributed by atoms with Crippen molar-refractivity contribution in [2.45, 2.75) is 45.2 Å². The molecule has 1 amide bonds. The molecule has 0 bridgehead atoms. The highest BCUT2D eigenvalue weighted by Crippen LogP contribution is 2.34. The Morgan fingerprint density at radius 1 is 1.07 bits per heavy atom. The van der Waals surface area contributed by atoms with Crippen LogP contribution in [0.2, 0.25) is 0 Å². The molecule has 7 nitrogen and oxygen atoms in total. The Kier molecular flexibility index (Phi) is 4.86. The van der Waals surface area contributed by atoms with Crippen LogP contribution in [0.25, 0.3) is 5.69 Å². The number of carbonyl (C=O) groups excluding carboxylic acids is 1. The molecule has 0 saturated heterocycles. The maximum Gasteiger partial charge on any atom is 0.276 e. The zero-order valence-corrected chi connectivity index (χ0v) is 17.0. The SMILES string of the molecule is Cc1nn(-c2ccccc2)nc1C(=O)N(Cc1ccc2c(c1)OCO2)C1CCCC1. The van der Waals surface area contributed by atoms with E-state index in [1.54, 1.807) is 0 Å². The van der Waals surface area contributed by atoms with Crippen LogP contribution < -0.4 is 9.47 Å². The summed E-state index contributed by atoms with van der Waals surface area (Å²) in [6.45, 7) is 2.59. The fourth-order valence-electron chi connectivity index (χ4n) is 4.21. The van der Waals surface area contributed by atoms with Crippen LogP contribution in [0.1, 0.15) is 47.4 Å². The van der Waals surface area contributed by atoms with E-state index in [0.717, 1.165) is 48.4 Å². The fraction of sp³-hybridized carbons (Fsp3) is 0.348. The van der Waals surface area contributed by atoms with E-state index in [9.17, 15) is 4.79 Å². The maximum absolute atomic E-state index is 13.6. The van der Waals surface area contributed by atoms with Gasteiger partial charge in [0.2, 0.25) is 6.79 Å². The Labute approximate surface area is 175 Å². The smallest absolute Gasteiger partial charge is 0.276 e. The summed E-state index contributed by atoms with van der Waals surface area (Å²) >= 11 is 0. The summed E-state index contributed by atoms with van der Waals surface area (Å²) in [4.78, 5) is 17.1. The van der Waals surface area contributed by atoms with Crippen LogP contribution in [0, 0.1) is 6.92 Å². The lowest BCUT2D eigenvalue weighted by Crippen LogP contribution is -2.38. The van der Waals surface area contributed by atoms with Gasteiger partial charge in [0.25, 0.3) is 5.91 Å². The second-order valence-corrected chi connectivity index (χ2v) is 7.82. The van der Waals surface area contributed by atoms with E-state index in [4.69, 9.17) is 9.47 Å². The molecule has 1 aliphatic carbocycles. The third kappa shape index (κ3) is 3.51. The normalized spacial score (nSPS) is 15.5. The molecule has 0 N–H and O–H groups in total. The number of fused-ring (bicyclic) bond motifs is 1. The van der Waals surface area contributed by atoms with Gasteiger partial charge >= 0.3 is 0 Å². The molecule has 7 heteroatoms. The van der Waals surface area contributed by atoms with E-state index >= 15 is 0 Å². The highest BCUT2D eigenvalue weighted by atomic mass is 16.7. The fourth-order valence-corrected chi connectivity index (χ4v) is 4.21. The average molecular weight is 404 g/mol. The number of hydrogen-bond donors (Lipinski definition) is 0. The second kappa shape index (κ2) is 7.82. The Morgan fingerprint density at radius 2 is 1.83 bits per heavy atom. The summed E-state index contributed by atoms with van der Waals surface area (Å²) in [7, 11) is 0. The number of amides is 1. The lowest BCUT2D eigenvalue weighted by atomic mass is 10.1. The van der Waals surface area contributed by atoms with Gasteiger partial charge < -0.3 is 14.4 Å². The first-order chi connectivity index (χ1) is 14.7. The zero-order chi connectivity index (χ0) is 20.5. The van der Waals surface area contributed by atoms with Crippen molar-refractivity contribution in [3.8, 4) is 17.2 Å². The number of rotatable bonds is 5. The van der Waals surface area contributed by atoms with E-state index in [1.807, 2.05) is 60.4 Å². The molecule has 1 aromatic heterocycles. The first-order valence-electron chi connectivity index (χ1n) is 10.4. The van der Waals surface area contributed by atoms with Crippen molar-refractivity contribution < 1.29 is 14.3 Å². The highest BCUT2D eigenvalue weighted by molar-refractivity contribution is 5.93. The van der Waals surface area contributed by atoms with E-state index in [-0.39, 0.29) is 18.7 Å². The van der Waals surface area contributed by atoms with E-state index in [0.29, 0.717) is 17.9 Å². The minimum absolute atomic E-state index is 0.0701. The lowest BCUT2D eigenvalue weighted by molar-refractivity contribution is 0.0657. The van der Waals surface area contributed by atoms with Gasteiger partial charge in [-0.3, -0.25) is 4.79 Å². The van der Waals surface area contributed by atoms with Crippen molar-refractivity contribution in [1.82, 2.24) is 19.9 Å². The van der Waals surface area contributed by atoms with Gasteiger partial charge in [0.15, 0.2) is 17.2 Å². The number of benzene rings is 2. The summed E-state index contributed by atoms with van der Waals surface area (Å²) in [5.74, 6) is 1.41. The largest absolute Gasteiger partial charge is 0.454 e. The summed E-state index contributed by atoms with van der Waals surface area (Å²) in [6.07, 6.45) is 4.32. The Hall–Kier alpha value is -3.35. The topological polar surface area (TPSA) is 69.5 Å². The minimum Gasteiger partial charge on any atom is -0.454 e. The van der Waals surface area contributed by atoms with Gasteiger partial charge in [-0.05, 0) is 49.6 Å². The molecule has 1 saturated carbocycles. The van der Waals surface area contributed by atoms with E-state index in [1.165, 1.54) is 4.80 Å². The molecule has 154 valence electrons. The molecule has 5 rings (SSSR count). The summed E-state index contributed by atoms with van der Waals surface area (Å²) in [6, 6.07) is 15.7. The van der Waals surface area contributed by atoms with Crippen LogP contribution in [-0.2, 0) is 6.54 Å². The number of hydrogen-bond acceptors (Lipinski definition) is 5. The highest BCUT2D eigenvalue weighted by Gasteiger charge is 2.31. The van der Waals surface area contributed by atoms with Crippen molar-refractivity contribution in [3.05, 3.63) is 65.5 Å². The predicted molar refractivity (Wildman–Crippen MR) is 111 cm³/mol. The summed E-state index contributed by atoms with van der Waals surface area (Å²) in [5.41, 5.74) is 2.90. The van der Waals surface area contributed by atoms with Crippen molar-refractivity contribution in [1.29, 1.82) is 0 Å². The molecule has 1 aliphatic heterocycles. The molecule has 0 atom stereocenters. The lowest BCUT2D eigenvalue weighted by Gasteiger charge is -2.28. The molecular weight excluding hydrogens is 380 g/mol. The molecule has 2 heterocycles. The third-order valence-electron chi connectivity index (χ3n) is 5.79. The van der Waals surface area contributed by atoms with Crippen LogP contribution >= 0.6 is 0 Å². The number of ether oxygens (including phenoxy) is 2.